The number of hydrogen-bond donors (Lipinski definition) is 4. The van der Waals surface area contributed by atoms with Crippen LogP contribution in [0.1, 0.15) is 19.4 Å². The van der Waals surface area contributed by atoms with Gasteiger partial charge in [0.05, 0.1) is 11.7 Å². The van der Waals surface area contributed by atoms with Crippen LogP contribution < -0.4 is 16.8 Å². The highest BCUT2D eigenvalue weighted by atomic mass is 32.1. The number of fused-ring (bicyclic) bond motifs is 1. The van der Waals surface area contributed by atoms with Crippen LogP contribution in [-0.2, 0) is 0 Å². The third-order valence-corrected chi connectivity index (χ3v) is 5.21. The molecule has 0 aliphatic carbocycles. The van der Waals surface area contributed by atoms with Crippen LogP contribution in [0.25, 0.3) is 15.8 Å². The molecule has 1 aromatic carbocycles. The fourth-order valence-corrected chi connectivity index (χ4v) is 3.61. The van der Waals surface area contributed by atoms with Gasteiger partial charge in [-0.1, -0.05) is 6.92 Å². The van der Waals surface area contributed by atoms with E-state index >= 15 is 0 Å². The van der Waals surface area contributed by atoms with Crippen molar-refractivity contribution in [3.05, 3.63) is 34.8 Å². The number of nitrogens with two attached hydrogens (primary N) is 2. The average molecular weight is 345 g/mol. The van der Waals surface area contributed by atoms with Gasteiger partial charge in [-0.3, -0.25) is 4.90 Å². The number of likely N-dealkylation sites (tertiary alicyclic amines) is 1. The van der Waals surface area contributed by atoms with E-state index in [4.69, 9.17) is 11.5 Å². The van der Waals surface area contributed by atoms with Gasteiger partial charge in [-0.05, 0) is 37.0 Å². The van der Waals surface area contributed by atoms with Gasteiger partial charge in [-0.2, -0.15) is 0 Å². The highest BCUT2D eigenvalue weighted by Crippen LogP contribution is 2.34. The van der Waals surface area contributed by atoms with Gasteiger partial charge < -0.3 is 21.9 Å². The smallest absolute Gasteiger partial charge is 0.193 e. The lowest BCUT2D eigenvalue weighted by molar-refractivity contribution is 0.161. The first kappa shape index (κ1) is 16.6. The standard InChI is InChI=1S/C17H23N5OS/c1-3-22-8-11(9-22)21-17(19)20-10(2)15(18)13-4-5-14-12(16(13)23)6-7-24-14/h4-7,11,23H,3,8-9,18H2,1-2H3,(H3,19,20,21)/b15-10-. The third-order valence-electron chi connectivity index (χ3n) is 4.32. The van der Waals surface area contributed by atoms with E-state index in [0.29, 0.717) is 22.9 Å². The van der Waals surface area contributed by atoms with E-state index in [-0.39, 0.29) is 11.8 Å². The molecule has 1 aliphatic rings. The molecule has 0 bridgehead atoms. The molecule has 6 nitrogen and oxygen atoms in total. The number of nitrogens with zero attached hydrogens (tertiary/aromatic N) is 2. The Morgan fingerprint density at radius 1 is 1.38 bits per heavy atom. The number of phenolic OH excluding ortho intramolecular Hbond substituents is 1. The molecule has 0 atom stereocenters. The molecule has 0 radical (unpaired) electrons. The van der Waals surface area contributed by atoms with Gasteiger partial charge in [0.2, 0.25) is 0 Å². The molecule has 0 spiro atoms. The number of aliphatic imine (C=N–C) groups is 1. The monoisotopic (exact) mass is 345 g/mol. The first-order chi connectivity index (χ1) is 11.5. The molecule has 128 valence electrons. The predicted molar refractivity (Wildman–Crippen MR) is 101 cm³/mol. The van der Waals surface area contributed by atoms with Gasteiger partial charge in [0.25, 0.3) is 0 Å². The lowest BCUT2D eigenvalue weighted by Gasteiger charge is -2.36. The fraction of sp³-hybridized carbons (Fsp3) is 0.353. The summed E-state index contributed by atoms with van der Waals surface area (Å²) in [6.07, 6.45) is 0. The summed E-state index contributed by atoms with van der Waals surface area (Å²) >= 11 is 1.58. The summed E-state index contributed by atoms with van der Waals surface area (Å²) in [6.45, 7) is 6.87. The van der Waals surface area contributed by atoms with Gasteiger partial charge in [0.1, 0.15) is 5.75 Å². The fourth-order valence-electron chi connectivity index (χ4n) is 2.82. The number of phenols is 1. The Morgan fingerprint density at radius 3 is 2.83 bits per heavy atom. The number of thiophene rings is 1. The van der Waals surface area contributed by atoms with Crippen molar-refractivity contribution in [2.45, 2.75) is 19.9 Å². The molecule has 7 heteroatoms. The second-order valence-electron chi connectivity index (χ2n) is 5.98. The van der Waals surface area contributed by atoms with Gasteiger partial charge in [0, 0.05) is 34.4 Å². The molecule has 6 N–H and O–H groups in total. The number of allylic oxidation sites excluding steroid dienone is 1. The number of rotatable bonds is 4. The van der Waals surface area contributed by atoms with Gasteiger partial charge in [-0.15, -0.1) is 11.3 Å². The molecular weight excluding hydrogens is 322 g/mol. The van der Waals surface area contributed by atoms with Crippen LogP contribution in [0.3, 0.4) is 0 Å². The molecule has 1 aliphatic heterocycles. The summed E-state index contributed by atoms with van der Waals surface area (Å²) in [5, 5.41) is 16.2. The summed E-state index contributed by atoms with van der Waals surface area (Å²) in [7, 11) is 0. The van der Waals surface area contributed by atoms with Crippen LogP contribution in [0, 0.1) is 0 Å². The molecule has 0 amide bonds. The van der Waals surface area contributed by atoms with E-state index in [1.165, 1.54) is 0 Å². The topological polar surface area (TPSA) is 99.9 Å². The van der Waals surface area contributed by atoms with Gasteiger partial charge in [-0.25, -0.2) is 4.99 Å². The molecule has 1 aromatic heterocycles. The Hall–Kier alpha value is -2.25. The van der Waals surface area contributed by atoms with E-state index in [0.717, 1.165) is 29.7 Å². The number of nitrogens with one attached hydrogen (secondary N) is 1. The van der Waals surface area contributed by atoms with Crippen LogP contribution in [0.4, 0.5) is 0 Å². The van der Waals surface area contributed by atoms with Gasteiger partial charge >= 0.3 is 0 Å². The zero-order valence-electron chi connectivity index (χ0n) is 13.9. The lowest BCUT2D eigenvalue weighted by Crippen LogP contribution is -2.50. The van der Waals surface area contributed by atoms with Crippen LogP contribution >= 0.6 is 11.3 Å². The van der Waals surface area contributed by atoms with E-state index in [9.17, 15) is 5.11 Å². The van der Waals surface area contributed by atoms with Gasteiger partial charge in [0.15, 0.2) is 5.96 Å². The Morgan fingerprint density at radius 2 is 2.12 bits per heavy atom. The third kappa shape index (κ3) is 3.18. The van der Waals surface area contributed by atoms with Crippen molar-refractivity contribution in [1.82, 2.24) is 10.2 Å². The predicted octanol–water partition coefficient (Wildman–Crippen LogP) is 1.86. The molecule has 1 saturated heterocycles. The molecule has 24 heavy (non-hydrogen) atoms. The van der Waals surface area contributed by atoms with E-state index in [1.807, 2.05) is 30.5 Å². The summed E-state index contributed by atoms with van der Waals surface area (Å²) in [5.74, 6) is 0.549. The summed E-state index contributed by atoms with van der Waals surface area (Å²) in [6, 6.07) is 5.91. The number of guanidine groups is 1. The van der Waals surface area contributed by atoms with Crippen molar-refractivity contribution in [2.24, 2.45) is 16.5 Å². The number of benzene rings is 1. The minimum atomic E-state index is 0.195. The Balaban J connectivity index is 1.77. The molecule has 0 unspecified atom stereocenters. The number of likely N-dealkylation sites (N-methyl/N-ethyl adjacent to an activating group) is 1. The Bertz CT molecular complexity index is 804. The highest BCUT2D eigenvalue weighted by molar-refractivity contribution is 7.17. The lowest BCUT2D eigenvalue weighted by atomic mass is 10.1. The molecule has 0 saturated carbocycles. The summed E-state index contributed by atoms with van der Waals surface area (Å²) in [5.41, 5.74) is 13.9. The van der Waals surface area contributed by atoms with Crippen LogP contribution in [0.15, 0.2) is 34.3 Å². The SMILES string of the molecule is CCN1CC(N=C(N)N/C(C)=C(\N)c2ccc3sccc3c2O)C1. The van der Waals surface area contributed by atoms with Crippen molar-refractivity contribution < 1.29 is 5.11 Å². The van der Waals surface area contributed by atoms with E-state index in [1.54, 1.807) is 11.3 Å². The second kappa shape index (κ2) is 6.70. The minimum absolute atomic E-state index is 0.195. The normalized spacial score (nSPS) is 17.7. The van der Waals surface area contributed by atoms with Crippen LogP contribution in [0.5, 0.6) is 5.75 Å². The second-order valence-corrected chi connectivity index (χ2v) is 6.93. The molecule has 1 fully saturated rings. The molecule has 2 heterocycles. The van der Waals surface area contributed by atoms with Crippen LogP contribution in [-0.4, -0.2) is 41.6 Å². The first-order valence-electron chi connectivity index (χ1n) is 7.98. The van der Waals surface area contributed by atoms with E-state index < -0.39 is 0 Å². The molecule has 3 rings (SSSR count). The Kier molecular flexibility index (Phi) is 4.64. The summed E-state index contributed by atoms with van der Waals surface area (Å²) in [4.78, 5) is 6.75. The van der Waals surface area contributed by atoms with Crippen molar-refractivity contribution in [3.63, 3.8) is 0 Å². The van der Waals surface area contributed by atoms with E-state index in [2.05, 4.69) is 22.1 Å². The summed E-state index contributed by atoms with van der Waals surface area (Å²) < 4.78 is 1.03. The van der Waals surface area contributed by atoms with Crippen molar-refractivity contribution >= 4 is 33.1 Å². The maximum Gasteiger partial charge on any atom is 0.193 e. The number of hydrogen-bond acceptors (Lipinski definition) is 5. The minimum Gasteiger partial charge on any atom is -0.507 e. The molecular formula is C17H23N5OS. The average Bonchev–Trinajstić information content (AvgIpc) is 2.99. The maximum atomic E-state index is 10.4. The zero-order chi connectivity index (χ0) is 17.3. The van der Waals surface area contributed by atoms with Crippen LogP contribution in [0.2, 0.25) is 0 Å². The highest BCUT2D eigenvalue weighted by Gasteiger charge is 2.24. The number of aromatic hydroxyl groups is 1. The van der Waals surface area contributed by atoms with Crippen molar-refractivity contribution in [1.29, 1.82) is 0 Å². The maximum absolute atomic E-state index is 10.4. The Labute approximate surface area is 145 Å². The molecule has 2 aromatic rings. The first-order valence-corrected chi connectivity index (χ1v) is 8.86. The largest absolute Gasteiger partial charge is 0.507 e. The quantitative estimate of drug-likeness (QED) is 0.501. The van der Waals surface area contributed by atoms with Crippen molar-refractivity contribution in [3.8, 4) is 5.75 Å². The zero-order valence-corrected chi connectivity index (χ0v) is 14.7. The van der Waals surface area contributed by atoms with Crippen molar-refractivity contribution in [2.75, 3.05) is 19.6 Å².